The zero-order valence-electron chi connectivity index (χ0n) is 11.7. The summed E-state index contributed by atoms with van der Waals surface area (Å²) in [7, 11) is 0. The summed E-state index contributed by atoms with van der Waals surface area (Å²) in [5.41, 5.74) is 2.34. The first-order valence-electron chi connectivity index (χ1n) is 6.85. The average molecular weight is 323 g/mol. The summed E-state index contributed by atoms with van der Waals surface area (Å²) in [6.07, 6.45) is 2.79. The standard InChI is InChI=1S/C17H16Cl2O2/c1-2-3-6-11-9-14(17(20)21)13(10-16(11)19)12-7-4-5-8-15(12)18/h4-5,7-10H,2-3,6H2,1H3,(H,20,21). The number of hydrogen-bond donors (Lipinski definition) is 1. The van der Waals surface area contributed by atoms with Gasteiger partial charge in [0.2, 0.25) is 0 Å². The summed E-state index contributed by atoms with van der Waals surface area (Å²) in [5, 5.41) is 10.6. The van der Waals surface area contributed by atoms with Crippen molar-refractivity contribution in [2.75, 3.05) is 0 Å². The Labute approximate surface area is 134 Å². The molecule has 0 atom stereocenters. The summed E-state index contributed by atoms with van der Waals surface area (Å²) < 4.78 is 0. The fraction of sp³-hybridized carbons (Fsp3) is 0.235. The molecule has 0 aliphatic rings. The van der Waals surface area contributed by atoms with Crippen molar-refractivity contribution in [3.05, 3.63) is 57.6 Å². The van der Waals surface area contributed by atoms with Crippen molar-refractivity contribution in [3.8, 4) is 11.1 Å². The minimum atomic E-state index is -0.973. The Morgan fingerprint density at radius 3 is 2.43 bits per heavy atom. The van der Waals surface area contributed by atoms with Gasteiger partial charge >= 0.3 is 5.97 Å². The Balaban J connectivity index is 2.58. The van der Waals surface area contributed by atoms with E-state index >= 15 is 0 Å². The molecule has 0 saturated heterocycles. The molecule has 0 unspecified atom stereocenters. The molecule has 0 aromatic heterocycles. The number of carboxylic acid groups (broad SMARTS) is 1. The molecule has 0 fully saturated rings. The van der Waals surface area contributed by atoms with Gasteiger partial charge in [-0.15, -0.1) is 0 Å². The Hall–Kier alpha value is -1.51. The number of carboxylic acids is 1. The fourth-order valence-corrected chi connectivity index (χ4v) is 2.75. The summed E-state index contributed by atoms with van der Waals surface area (Å²) >= 11 is 12.5. The van der Waals surface area contributed by atoms with Gasteiger partial charge in [-0.05, 0) is 42.2 Å². The van der Waals surface area contributed by atoms with Crippen molar-refractivity contribution in [2.24, 2.45) is 0 Å². The van der Waals surface area contributed by atoms with E-state index in [1.165, 1.54) is 0 Å². The Morgan fingerprint density at radius 1 is 1.10 bits per heavy atom. The molecular formula is C17H16Cl2O2. The number of hydrogen-bond acceptors (Lipinski definition) is 1. The van der Waals surface area contributed by atoms with Gasteiger partial charge in [0.1, 0.15) is 0 Å². The third-order valence-electron chi connectivity index (χ3n) is 3.38. The number of halogens is 2. The van der Waals surface area contributed by atoms with E-state index in [0.29, 0.717) is 21.2 Å². The van der Waals surface area contributed by atoms with Crippen LogP contribution in [0.1, 0.15) is 35.7 Å². The molecule has 2 aromatic carbocycles. The maximum Gasteiger partial charge on any atom is 0.336 e. The van der Waals surface area contributed by atoms with Crippen LogP contribution in [0.15, 0.2) is 36.4 Å². The van der Waals surface area contributed by atoms with Crippen LogP contribution in [-0.2, 0) is 6.42 Å². The van der Waals surface area contributed by atoms with Crippen molar-refractivity contribution in [3.63, 3.8) is 0 Å². The van der Waals surface area contributed by atoms with E-state index in [0.717, 1.165) is 24.8 Å². The molecule has 0 spiro atoms. The van der Waals surface area contributed by atoms with Gasteiger partial charge in [-0.2, -0.15) is 0 Å². The summed E-state index contributed by atoms with van der Waals surface area (Å²) in [5.74, 6) is -0.973. The Kier molecular flexibility index (Phi) is 5.27. The van der Waals surface area contributed by atoms with Gasteiger partial charge in [-0.1, -0.05) is 54.7 Å². The lowest BCUT2D eigenvalue weighted by molar-refractivity contribution is 0.0697. The van der Waals surface area contributed by atoms with Crippen LogP contribution in [0.5, 0.6) is 0 Å². The SMILES string of the molecule is CCCCc1cc(C(=O)O)c(-c2ccccc2Cl)cc1Cl. The second-order valence-corrected chi connectivity index (χ2v) is 5.69. The highest BCUT2D eigenvalue weighted by atomic mass is 35.5. The molecule has 21 heavy (non-hydrogen) atoms. The van der Waals surface area contributed by atoms with Gasteiger partial charge in [0.05, 0.1) is 5.56 Å². The maximum absolute atomic E-state index is 11.6. The zero-order chi connectivity index (χ0) is 15.4. The Bertz CT molecular complexity index is 666. The molecule has 1 N–H and O–H groups in total. The minimum Gasteiger partial charge on any atom is -0.478 e. The lowest BCUT2D eigenvalue weighted by atomic mass is 9.95. The lowest BCUT2D eigenvalue weighted by Crippen LogP contribution is -2.02. The van der Waals surface area contributed by atoms with E-state index in [2.05, 4.69) is 6.92 Å². The van der Waals surface area contributed by atoms with Gasteiger partial charge in [0.25, 0.3) is 0 Å². The molecule has 0 aliphatic carbocycles. The van der Waals surface area contributed by atoms with E-state index in [1.54, 1.807) is 24.3 Å². The molecule has 0 saturated carbocycles. The number of carbonyl (C=O) groups is 1. The number of rotatable bonds is 5. The average Bonchev–Trinajstić information content (AvgIpc) is 2.46. The van der Waals surface area contributed by atoms with E-state index in [9.17, 15) is 9.90 Å². The summed E-state index contributed by atoms with van der Waals surface area (Å²) in [4.78, 5) is 11.6. The van der Waals surface area contributed by atoms with Gasteiger partial charge in [0.15, 0.2) is 0 Å². The molecule has 4 heteroatoms. The quantitative estimate of drug-likeness (QED) is 0.766. The topological polar surface area (TPSA) is 37.3 Å². The molecule has 2 aromatic rings. The predicted molar refractivity (Wildman–Crippen MR) is 87.5 cm³/mol. The first-order valence-corrected chi connectivity index (χ1v) is 7.60. The molecule has 0 heterocycles. The van der Waals surface area contributed by atoms with Crippen LogP contribution < -0.4 is 0 Å². The van der Waals surface area contributed by atoms with E-state index in [-0.39, 0.29) is 5.56 Å². The second-order valence-electron chi connectivity index (χ2n) is 4.88. The van der Waals surface area contributed by atoms with Crippen molar-refractivity contribution >= 4 is 29.2 Å². The smallest absolute Gasteiger partial charge is 0.336 e. The van der Waals surface area contributed by atoms with Crippen LogP contribution >= 0.6 is 23.2 Å². The highest BCUT2D eigenvalue weighted by molar-refractivity contribution is 6.34. The van der Waals surface area contributed by atoms with Crippen molar-refractivity contribution in [1.82, 2.24) is 0 Å². The van der Waals surface area contributed by atoms with Crippen LogP contribution in [0, 0.1) is 0 Å². The monoisotopic (exact) mass is 322 g/mol. The minimum absolute atomic E-state index is 0.235. The lowest BCUT2D eigenvalue weighted by Gasteiger charge is -2.12. The molecular weight excluding hydrogens is 307 g/mol. The van der Waals surface area contributed by atoms with Crippen molar-refractivity contribution in [1.29, 1.82) is 0 Å². The number of unbranched alkanes of at least 4 members (excludes halogenated alkanes) is 1. The molecule has 110 valence electrons. The predicted octanol–water partition coefficient (Wildman–Crippen LogP) is 5.70. The van der Waals surface area contributed by atoms with Gasteiger partial charge < -0.3 is 5.11 Å². The summed E-state index contributed by atoms with van der Waals surface area (Å²) in [6, 6.07) is 10.5. The van der Waals surface area contributed by atoms with Crippen LogP contribution in [0.3, 0.4) is 0 Å². The van der Waals surface area contributed by atoms with E-state index in [4.69, 9.17) is 23.2 Å². The van der Waals surface area contributed by atoms with Crippen LogP contribution in [0.2, 0.25) is 10.0 Å². The first kappa shape index (κ1) is 15.9. The zero-order valence-corrected chi connectivity index (χ0v) is 13.2. The van der Waals surface area contributed by atoms with Gasteiger partial charge in [-0.25, -0.2) is 4.79 Å². The maximum atomic E-state index is 11.6. The van der Waals surface area contributed by atoms with Gasteiger partial charge in [0, 0.05) is 15.6 Å². The van der Waals surface area contributed by atoms with Crippen molar-refractivity contribution < 1.29 is 9.90 Å². The van der Waals surface area contributed by atoms with E-state index < -0.39 is 5.97 Å². The number of aryl methyl sites for hydroxylation is 1. The van der Waals surface area contributed by atoms with Crippen LogP contribution in [-0.4, -0.2) is 11.1 Å². The molecule has 0 bridgehead atoms. The number of aromatic carboxylic acids is 1. The van der Waals surface area contributed by atoms with E-state index in [1.807, 2.05) is 12.1 Å². The fourth-order valence-electron chi connectivity index (χ4n) is 2.26. The molecule has 2 rings (SSSR count). The molecule has 0 radical (unpaired) electrons. The highest BCUT2D eigenvalue weighted by Gasteiger charge is 2.17. The first-order chi connectivity index (χ1) is 10.0. The summed E-state index contributed by atoms with van der Waals surface area (Å²) in [6.45, 7) is 2.09. The van der Waals surface area contributed by atoms with Gasteiger partial charge in [-0.3, -0.25) is 0 Å². The molecule has 2 nitrogen and oxygen atoms in total. The molecule has 0 aliphatic heterocycles. The molecule has 0 amide bonds. The van der Waals surface area contributed by atoms with Crippen LogP contribution in [0.4, 0.5) is 0 Å². The van der Waals surface area contributed by atoms with Crippen molar-refractivity contribution in [2.45, 2.75) is 26.2 Å². The largest absolute Gasteiger partial charge is 0.478 e. The second kappa shape index (κ2) is 6.97. The highest BCUT2D eigenvalue weighted by Crippen LogP contribution is 2.34. The normalized spacial score (nSPS) is 10.6. The number of benzene rings is 2. The third kappa shape index (κ3) is 3.58. The third-order valence-corrected chi connectivity index (χ3v) is 4.06. The van der Waals surface area contributed by atoms with Crippen LogP contribution in [0.25, 0.3) is 11.1 Å². The Morgan fingerprint density at radius 2 is 1.81 bits per heavy atom.